The third-order valence-corrected chi connectivity index (χ3v) is 4.39. The molecule has 0 saturated carbocycles. The number of nitrogens with one attached hydrogen (secondary N) is 2. The Labute approximate surface area is 114 Å². The lowest BCUT2D eigenvalue weighted by molar-refractivity contribution is 0.292. The molecule has 1 aliphatic rings. The first-order valence-corrected chi connectivity index (χ1v) is 7.52. The summed E-state index contributed by atoms with van der Waals surface area (Å²) in [6, 6.07) is 6.94. The lowest BCUT2D eigenvalue weighted by Gasteiger charge is -2.28. The van der Waals surface area contributed by atoms with E-state index in [1.54, 1.807) is 0 Å². The summed E-state index contributed by atoms with van der Waals surface area (Å²) in [4.78, 5) is 8.27. The van der Waals surface area contributed by atoms with Gasteiger partial charge in [0.05, 0.1) is 17.1 Å². The maximum atomic E-state index is 4.76. The number of nitrogens with zero attached hydrogens (tertiary/aromatic N) is 1. The Morgan fingerprint density at radius 3 is 3.00 bits per heavy atom. The van der Waals surface area contributed by atoms with Gasteiger partial charge in [0.2, 0.25) is 0 Å². The highest BCUT2D eigenvalue weighted by atomic mass is 15.0. The van der Waals surface area contributed by atoms with Crippen LogP contribution in [0.5, 0.6) is 0 Å². The number of hydrogen-bond acceptors (Lipinski definition) is 2. The predicted molar refractivity (Wildman–Crippen MR) is 79.2 cm³/mol. The van der Waals surface area contributed by atoms with Crippen LogP contribution >= 0.6 is 0 Å². The molecule has 19 heavy (non-hydrogen) atoms. The summed E-state index contributed by atoms with van der Waals surface area (Å²) in [5.41, 5.74) is 3.63. The van der Waals surface area contributed by atoms with E-state index in [4.69, 9.17) is 4.98 Å². The number of piperidine rings is 1. The van der Waals surface area contributed by atoms with Crippen molar-refractivity contribution in [2.45, 2.75) is 45.6 Å². The van der Waals surface area contributed by atoms with E-state index < -0.39 is 0 Å². The average molecular weight is 257 g/mol. The zero-order valence-electron chi connectivity index (χ0n) is 11.9. The van der Waals surface area contributed by atoms with Crippen molar-refractivity contribution in [3.8, 4) is 0 Å². The van der Waals surface area contributed by atoms with Crippen LogP contribution < -0.4 is 5.32 Å². The second-order valence-electron chi connectivity index (χ2n) is 5.63. The van der Waals surface area contributed by atoms with Crippen LogP contribution in [0, 0.1) is 5.92 Å². The summed E-state index contributed by atoms with van der Waals surface area (Å²) in [7, 11) is 0. The van der Waals surface area contributed by atoms with Gasteiger partial charge in [0.25, 0.3) is 0 Å². The molecule has 2 unspecified atom stereocenters. The molecule has 2 heterocycles. The number of imidazole rings is 1. The van der Waals surface area contributed by atoms with Crippen LogP contribution in [-0.2, 0) is 6.42 Å². The first-order chi connectivity index (χ1) is 9.30. The molecule has 2 N–H and O–H groups in total. The molecule has 3 rings (SSSR count). The van der Waals surface area contributed by atoms with E-state index in [0.717, 1.165) is 30.2 Å². The van der Waals surface area contributed by atoms with Crippen molar-refractivity contribution in [1.29, 1.82) is 0 Å². The maximum absolute atomic E-state index is 4.76. The zero-order valence-corrected chi connectivity index (χ0v) is 11.9. The fourth-order valence-electron chi connectivity index (χ4n) is 3.04. The third-order valence-electron chi connectivity index (χ3n) is 4.39. The molecule has 1 aromatic heterocycles. The Hall–Kier alpha value is -1.35. The SMILES string of the molecule is CCc1ccc2nc(C3CC(CC)CCN3)[nH]c2c1. The quantitative estimate of drug-likeness (QED) is 0.882. The number of aryl methyl sites for hydroxylation is 1. The summed E-state index contributed by atoms with van der Waals surface area (Å²) in [6.07, 6.45) is 4.85. The molecule has 0 radical (unpaired) electrons. The Balaban J connectivity index is 1.88. The van der Waals surface area contributed by atoms with Gasteiger partial charge in [-0.3, -0.25) is 0 Å². The lowest BCUT2D eigenvalue weighted by Crippen LogP contribution is -2.32. The summed E-state index contributed by atoms with van der Waals surface area (Å²) in [6.45, 7) is 5.59. The number of benzene rings is 1. The number of rotatable bonds is 3. The lowest BCUT2D eigenvalue weighted by atomic mass is 9.90. The summed E-state index contributed by atoms with van der Waals surface area (Å²) >= 11 is 0. The van der Waals surface area contributed by atoms with Gasteiger partial charge in [-0.2, -0.15) is 0 Å². The van der Waals surface area contributed by atoms with Crippen LogP contribution in [0.15, 0.2) is 18.2 Å². The molecule has 0 aliphatic carbocycles. The third kappa shape index (κ3) is 2.52. The summed E-state index contributed by atoms with van der Waals surface area (Å²) in [5, 5.41) is 3.60. The predicted octanol–water partition coefficient (Wildman–Crippen LogP) is 3.58. The topological polar surface area (TPSA) is 40.7 Å². The smallest absolute Gasteiger partial charge is 0.124 e. The van der Waals surface area contributed by atoms with Crippen molar-refractivity contribution in [3.63, 3.8) is 0 Å². The van der Waals surface area contributed by atoms with Gasteiger partial charge in [0, 0.05) is 0 Å². The van der Waals surface area contributed by atoms with E-state index in [0.29, 0.717) is 6.04 Å². The van der Waals surface area contributed by atoms with E-state index in [1.807, 2.05) is 0 Å². The summed E-state index contributed by atoms with van der Waals surface area (Å²) in [5.74, 6) is 1.95. The Morgan fingerprint density at radius 1 is 1.32 bits per heavy atom. The minimum absolute atomic E-state index is 0.399. The minimum atomic E-state index is 0.399. The van der Waals surface area contributed by atoms with Gasteiger partial charge in [0.1, 0.15) is 5.82 Å². The Morgan fingerprint density at radius 2 is 2.21 bits per heavy atom. The number of aromatic amines is 1. The first-order valence-electron chi connectivity index (χ1n) is 7.52. The molecule has 102 valence electrons. The molecular weight excluding hydrogens is 234 g/mol. The molecule has 0 amide bonds. The second kappa shape index (κ2) is 5.33. The highest BCUT2D eigenvalue weighted by Crippen LogP contribution is 2.28. The van der Waals surface area contributed by atoms with E-state index in [1.165, 1.54) is 30.3 Å². The van der Waals surface area contributed by atoms with Crippen LogP contribution in [0.2, 0.25) is 0 Å². The fraction of sp³-hybridized carbons (Fsp3) is 0.562. The van der Waals surface area contributed by atoms with Gasteiger partial charge in [-0.1, -0.05) is 26.3 Å². The first kappa shape index (κ1) is 12.7. The van der Waals surface area contributed by atoms with Gasteiger partial charge in [0.15, 0.2) is 0 Å². The molecular formula is C16H23N3. The minimum Gasteiger partial charge on any atom is -0.341 e. The van der Waals surface area contributed by atoms with Crippen molar-refractivity contribution in [2.75, 3.05) is 6.54 Å². The van der Waals surface area contributed by atoms with Crippen LogP contribution in [0.4, 0.5) is 0 Å². The van der Waals surface area contributed by atoms with E-state index in [9.17, 15) is 0 Å². The molecule has 3 nitrogen and oxygen atoms in total. The molecule has 2 aromatic rings. The van der Waals surface area contributed by atoms with Gasteiger partial charge in [-0.25, -0.2) is 4.98 Å². The summed E-state index contributed by atoms with van der Waals surface area (Å²) < 4.78 is 0. The van der Waals surface area contributed by atoms with Gasteiger partial charge in [-0.15, -0.1) is 0 Å². The zero-order chi connectivity index (χ0) is 13.2. The number of aromatic nitrogens is 2. The molecule has 0 bridgehead atoms. The normalized spacial score (nSPS) is 23.9. The highest BCUT2D eigenvalue weighted by molar-refractivity contribution is 5.76. The Kier molecular flexibility index (Phi) is 3.56. The maximum Gasteiger partial charge on any atom is 0.124 e. The molecule has 0 spiro atoms. The van der Waals surface area contributed by atoms with Gasteiger partial charge >= 0.3 is 0 Å². The highest BCUT2D eigenvalue weighted by Gasteiger charge is 2.23. The van der Waals surface area contributed by atoms with Crippen molar-refractivity contribution >= 4 is 11.0 Å². The molecule has 2 atom stereocenters. The van der Waals surface area contributed by atoms with Gasteiger partial charge in [-0.05, 0) is 49.4 Å². The molecule has 1 fully saturated rings. The van der Waals surface area contributed by atoms with E-state index in [-0.39, 0.29) is 0 Å². The van der Waals surface area contributed by atoms with Crippen LogP contribution in [0.3, 0.4) is 0 Å². The number of H-pyrrole nitrogens is 1. The van der Waals surface area contributed by atoms with Crippen molar-refractivity contribution < 1.29 is 0 Å². The monoisotopic (exact) mass is 257 g/mol. The van der Waals surface area contributed by atoms with E-state index in [2.05, 4.69) is 42.3 Å². The van der Waals surface area contributed by atoms with Gasteiger partial charge < -0.3 is 10.3 Å². The van der Waals surface area contributed by atoms with Crippen LogP contribution in [-0.4, -0.2) is 16.5 Å². The van der Waals surface area contributed by atoms with Crippen LogP contribution in [0.1, 0.15) is 50.5 Å². The molecule has 3 heteroatoms. The number of hydrogen-bond donors (Lipinski definition) is 2. The molecule has 1 aromatic carbocycles. The number of fused-ring (bicyclic) bond motifs is 1. The second-order valence-corrected chi connectivity index (χ2v) is 5.63. The molecule has 1 aliphatic heterocycles. The average Bonchev–Trinajstić information content (AvgIpc) is 2.90. The Bertz CT molecular complexity index is 558. The fourth-order valence-corrected chi connectivity index (χ4v) is 3.04. The van der Waals surface area contributed by atoms with E-state index >= 15 is 0 Å². The van der Waals surface area contributed by atoms with Crippen molar-refractivity contribution in [3.05, 3.63) is 29.6 Å². The van der Waals surface area contributed by atoms with Crippen LogP contribution in [0.25, 0.3) is 11.0 Å². The standard InChI is InChI=1S/C16H23N3/c1-3-11-5-6-13-14(9-11)19-16(18-13)15-10-12(4-2)7-8-17-15/h5-6,9,12,15,17H,3-4,7-8,10H2,1-2H3,(H,18,19). The van der Waals surface area contributed by atoms with Crippen molar-refractivity contribution in [1.82, 2.24) is 15.3 Å². The molecule has 1 saturated heterocycles. The largest absolute Gasteiger partial charge is 0.341 e. The van der Waals surface area contributed by atoms with Crippen molar-refractivity contribution in [2.24, 2.45) is 5.92 Å².